The van der Waals surface area contributed by atoms with Gasteiger partial charge in [0.1, 0.15) is 24.3 Å². The molecule has 1 heterocycles. The van der Waals surface area contributed by atoms with Crippen LogP contribution in [0, 0.1) is 5.82 Å². The van der Waals surface area contributed by atoms with E-state index in [1.807, 2.05) is 0 Å². The molecule has 5 heteroatoms. The topological polar surface area (TPSA) is 55.8 Å². The SMILES string of the molecule is CC(C)c1cc(C(C)(C)C)cc(-c2ccc(F)cc2)c1OCC1C[C@@H](O)CC(=O)O1. The molecule has 1 unspecified atom stereocenters. The maximum atomic E-state index is 13.5. The van der Waals surface area contributed by atoms with E-state index in [2.05, 4.69) is 46.8 Å². The van der Waals surface area contributed by atoms with Crippen LogP contribution in [0.15, 0.2) is 36.4 Å². The summed E-state index contributed by atoms with van der Waals surface area (Å²) in [5.74, 6) is 0.204. The van der Waals surface area contributed by atoms with E-state index < -0.39 is 18.2 Å². The molecule has 0 amide bonds. The third-order valence-corrected chi connectivity index (χ3v) is 5.41. The highest BCUT2D eigenvalue weighted by Crippen LogP contribution is 2.41. The zero-order chi connectivity index (χ0) is 22.1. The lowest BCUT2D eigenvalue weighted by Gasteiger charge is -2.29. The van der Waals surface area contributed by atoms with E-state index in [1.165, 1.54) is 12.1 Å². The van der Waals surface area contributed by atoms with Crippen LogP contribution in [-0.4, -0.2) is 29.9 Å². The molecule has 1 fully saturated rings. The normalized spacial score (nSPS) is 19.7. The van der Waals surface area contributed by atoms with Crippen LogP contribution in [-0.2, 0) is 14.9 Å². The first-order valence-corrected chi connectivity index (χ1v) is 10.5. The van der Waals surface area contributed by atoms with E-state index in [0.29, 0.717) is 12.2 Å². The molecule has 0 spiro atoms. The lowest BCUT2D eigenvalue weighted by Crippen LogP contribution is -2.36. The lowest BCUT2D eigenvalue weighted by atomic mass is 9.82. The Bertz CT molecular complexity index is 897. The predicted octanol–water partition coefficient (Wildman–Crippen LogP) is 5.36. The van der Waals surface area contributed by atoms with Crippen LogP contribution < -0.4 is 4.74 Å². The molecule has 162 valence electrons. The highest BCUT2D eigenvalue weighted by Gasteiger charge is 2.29. The molecule has 0 saturated carbocycles. The van der Waals surface area contributed by atoms with Crippen molar-refractivity contribution in [2.24, 2.45) is 0 Å². The lowest BCUT2D eigenvalue weighted by molar-refractivity contribution is -0.162. The van der Waals surface area contributed by atoms with Gasteiger partial charge in [-0.3, -0.25) is 4.79 Å². The molecule has 30 heavy (non-hydrogen) atoms. The van der Waals surface area contributed by atoms with Crippen LogP contribution >= 0.6 is 0 Å². The van der Waals surface area contributed by atoms with E-state index in [-0.39, 0.29) is 30.2 Å². The van der Waals surface area contributed by atoms with Crippen LogP contribution in [0.3, 0.4) is 0 Å². The van der Waals surface area contributed by atoms with Crippen LogP contribution in [0.2, 0.25) is 0 Å². The minimum atomic E-state index is -0.704. The van der Waals surface area contributed by atoms with Gasteiger partial charge in [0, 0.05) is 12.0 Å². The predicted molar refractivity (Wildman–Crippen MR) is 115 cm³/mol. The fourth-order valence-electron chi connectivity index (χ4n) is 3.66. The quantitative estimate of drug-likeness (QED) is 0.670. The molecular weight excluding hydrogens is 383 g/mol. The largest absolute Gasteiger partial charge is 0.489 e. The van der Waals surface area contributed by atoms with Gasteiger partial charge in [-0.05, 0) is 46.2 Å². The first kappa shape index (κ1) is 22.3. The highest BCUT2D eigenvalue weighted by molar-refractivity contribution is 5.74. The van der Waals surface area contributed by atoms with Crippen LogP contribution in [0.5, 0.6) is 5.75 Å². The first-order chi connectivity index (χ1) is 14.0. The van der Waals surface area contributed by atoms with Crippen LogP contribution in [0.4, 0.5) is 4.39 Å². The van der Waals surface area contributed by atoms with Gasteiger partial charge < -0.3 is 14.6 Å². The molecule has 4 nitrogen and oxygen atoms in total. The van der Waals surface area contributed by atoms with Gasteiger partial charge in [0.2, 0.25) is 0 Å². The second kappa shape index (κ2) is 8.76. The number of halogens is 1. The van der Waals surface area contributed by atoms with Gasteiger partial charge in [-0.1, -0.05) is 52.8 Å². The van der Waals surface area contributed by atoms with Crippen molar-refractivity contribution >= 4 is 5.97 Å². The number of carbonyl (C=O) groups excluding carboxylic acids is 1. The van der Waals surface area contributed by atoms with E-state index in [4.69, 9.17) is 9.47 Å². The molecule has 1 saturated heterocycles. The Hall–Kier alpha value is -2.40. The zero-order valence-electron chi connectivity index (χ0n) is 18.4. The maximum Gasteiger partial charge on any atom is 0.308 e. The average Bonchev–Trinajstić information content (AvgIpc) is 2.65. The average molecular weight is 415 g/mol. The molecular formula is C25H31FO4. The molecule has 2 atom stereocenters. The van der Waals surface area contributed by atoms with Crippen molar-refractivity contribution in [3.8, 4) is 16.9 Å². The number of aliphatic hydroxyl groups excluding tert-OH is 1. The second-order valence-electron chi connectivity index (χ2n) is 9.37. The first-order valence-electron chi connectivity index (χ1n) is 10.5. The van der Waals surface area contributed by atoms with Gasteiger partial charge in [0.25, 0.3) is 0 Å². The smallest absolute Gasteiger partial charge is 0.308 e. The summed E-state index contributed by atoms with van der Waals surface area (Å²) in [5.41, 5.74) is 3.88. The molecule has 1 aliphatic heterocycles. The Morgan fingerprint density at radius 3 is 2.43 bits per heavy atom. The highest BCUT2D eigenvalue weighted by atomic mass is 19.1. The second-order valence-corrected chi connectivity index (χ2v) is 9.37. The van der Waals surface area contributed by atoms with E-state index in [9.17, 15) is 14.3 Å². The van der Waals surface area contributed by atoms with Crippen molar-refractivity contribution in [3.05, 3.63) is 53.3 Å². The van der Waals surface area contributed by atoms with Gasteiger partial charge in [0.05, 0.1) is 12.5 Å². The van der Waals surface area contributed by atoms with E-state index >= 15 is 0 Å². The van der Waals surface area contributed by atoms with Crippen LogP contribution in [0.1, 0.15) is 64.5 Å². The number of carbonyl (C=O) groups is 1. The maximum absolute atomic E-state index is 13.5. The standard InChI is InChI=1S/C25H31FO4/c1-15(2)21-10-17(25(3,4)5)11-22(16-6-8-18(26)9-7-16)24(21)29-14-20-12-19(27)13-23(28)30-20/h6-11,15,19-20,27H,12-14H2,1-5H3/t19-,20?/m1/s1. The van der Waals surface area contributed by atoms with Gasteiger partial charge >= 0.3 is 5.97 Å². The van der Waals surface area contributed by atoms with Crippen molar-refractivity contribution in [1.29, 1.82) is 0 Å². The minimum Gasteiger partial charge on any atom is -0.489 e. The Kier molecular flexibility index (Phi) is 6.51. The van der Waals surface area contributed by atoms with Crippen molar-refractivity contribution in [1.82, 2.24) is 0 Å². The van der Waals surface area contributed by atoms with Crippen molar-refractivity contribution in [3.63, 3.8) is 0 Å². The number of aliphatic hydroxyl groups is 1. The summed E-state index contributed by atoms with van der Waals surface area (Å²) in [6.45, 7) is 10.8. The number of cyclic esters (lactones) is 1. The molecule has 0 aromatic heterocycles. The number of hydrogen-bond donors (Lipinski definition) is 1. The Morgan fingerprint density at radius 2 is 1.87 bits per heavy atom. The summed E-state index contributed by atoms with van der Waals surface area (Å²) in [5, 5.41) is 9.88. The van der Waals surface area contributed by atoms with Crippen molar-refractivity contribution in [2.75, 3.05) is 6.61 Å². The number of hydrogen-bond acceptors (Lipinski definition) is 4. The fourth-order valence-corrected chi connectivity index (χ4v) is 3.66. The van der Waals surface area contributed by atoms with Crippen molar-refractivity contribution in [2.45, 2.75) is 71.0 Å². The summed E-state index contributed by atoms with van der Waals surface area (Å²) in [6, 6.07) is 10.6. The summed E-state index contributed by atoms with van der Waals surface area (Å²) in [4.78, 5) is 11.7. The minimum absolute atomic E-state index is 0.0227. The van der Waals surface area contributed by atoms with Gasteiger partial charge in [0.15, 0.2) is 0 Å². The Morgan fingerprint density at radius 1 is 1.20 bits per heavy atom. The van der Waals surface area contributed by atoms with Gasteiger partial charge in [-0.15, -0.1) is 0 Å². The van der Waals surface area contributed by atoms with E-state index in [1.54, 1.807) is 12.1 Å². The summed E-state index contributed by atoms with van der Waals surface area (Å²) < 4.78 is 25.1. The molecule has 2 aromatic carbocycles. The van der Waals surface area contributed by atoms with Gasteiger partial charge in [-0.2, -0.15) is 0 Å². The fraction of sp³-hybridized carbons (Fsp3) is 0.480. The third-order valence-electron chi connectivity index (χ3n) is 5.41. The zero-order valence-corrected chi connectivity index (χ0v) is 18.4. The molecule has 1 aliphatic rings. The van der Waals surface area contributed by atoms with Crippen LogP contribution in [0.25, 0.3) is 11.1 Å². The van der Waals surface area contributed by atoms with E-state index in [0.717, 1.165) is 22.3 Å². The molecule has 3 rings (SSSR count). The third kappa shape index (κ3) is 5.20. The number of ether oxygens (including phenoxy) is 2. The molecule has 0 bridgehead atoms. The Balaban J connectivity index is 2.04. The Labute approximate surface area is 178 Å². The molecule has 1 N–H and O–H groups in total. The summed E-state index contributed by atoms with van der Waals surface area (Å²) >= 11 is 0. The molecule has 2 aromatic rings. The van der Waals surface area contributed by atoms with Gasteiger partial charge in [-0.25, -0.2) is 4.39 Å². The number of benzene rings is 2. The number of esters is 1. The molecule has 0 radical (unpaired) electrons. The monoisotopic (exact) mass is 414 g/mol. The number of rotatable bonds is 5. The van der Waals surface area contributed by atoms with Crippen molar-refractivity contribution < 1.29 is 23.8 Å². The molecule has 0 aliphatic carbocycles. The summed E-state index contributed by atoms with van der Waals surface area (Å²) in [7, 11) is 0. The summed E-state index contributed by atoms with van der Waals surface area (Å²) in [6.07, 6.45) is -0.822.